The number of alkyl halides is 1. The highest BCUT2D eigenvalue weighted by Crippen LogP contribution is 2.20. The predicted octanol–water partition coefficient (Wildman–Crippen LogP) is 3.97. The van der Waals surface area contributed by atoms with Gasteiger partial charge in [0, 0.05) is 16.4 Å². The molecule has 1 unspecified atom stereocenters. The molecule has 0 aliphatic carbocycles. The van der Waals surface area contributed by atoms with Crippen LogP contribution >= 0.6 is 27.5 Å². The molecule has 1 N–H and O–H groups in total. The van der Waals surface area contributed by atoms with Crippen LogP contribution in [0.25, 0.3) is 0 Å². The molecule has 1 amide bonds. The van der Waals surface area contributed by atoms with E-state index < -0.39 is 11.7 Å². The monoisotopic (exact) mass is 335 g/mol. The molecule has 1 aromatic carbocycles. The molecular formula is C13H16BrClFNO. The van der Waals surface area contributed by atoms with Crippen LogP contribution < -0.4 is 5.32 Å². The van der Waals surface area contributed by atoms with Gasteiger partial charge in [0.2, 0.25) is 0 Å². The maximum Gasteiger partial charge on any atom is 0.255 e. The zero-order valence-electron chi connectivity index (χ0n) is 10.3. The lowest BCUT2D eigenvalue weighted by Gasteiger charge is -2.21. The summed E-state index contributed by atoms with van der Waals surface area (Å²) in [6, 6.07) is 4.41. The summed E-state index contributed by atoms with van der Waals surface area (Å²) in [5, 5.41) is 2.82. The van der Waals surface area contributed by atoms with Crippen LogP contribution in [0, 0.1) is 11.7 Å². The van der Waals surface area contributed by atoms with Crippen molar-refractivity contribution >= 4 is 33.4 Å². The van der Waals surface area contributed by atoms with Crippen LogP contribution in [0.15, 0.2) is 22.7 Å². The molecule has 1 aromatic rings. The number of halogens is 3. The van der Waals surface area contributed by atoms with E-state index in [4.69, 9.17) is 11.6 Å². The van der Waals surface area contributed by atoms with Crippen molar-refractivity contribution in [3.63, 3.8) is 0 Å². The zero-order chi connectivity index (χ0) is 13.7. The molecule has 100 valence electrons. The van der Waals surface area contributed by atoms with Gasteiger partial charge in [0.15, 0.2) is 0 Å². The summed E-state index contributed by atoms with van der Waals surface area (Å²) in [5.74, 6) is -0.237. The summed E-state index contributed by atoms with van der Waals surface area (Å²) in [6.45, 7) is 3.99. The van der Waals surface area contributed by atoms with Crippen molar-refractivity contribution in [3.05, 3.63) is 34.1 Å². The maximum atomic E-state index is 13.6. The fourth-order valence-electron chi connectivity index (χ4n) is 1.65. The Labute approximate surface area is 120 Å². The van der Waals surface area contributed by atoms with Crippen LogP contribution in [-0.2, 0) is 0 Å². The van der Waals surface area contributed by atoms with Crippen molar-refractivity contribution in [2.75, 3.05) is 5.88 Å². The van der Waals surface area contributed by atoms with Gasteiger partial charge in [-0.15, -0.1) is 11.6 Å². The molecule has 0 heterocycles. The summed E-state index contributed by atoms with van der Waals surface area (Å²) in [5.41, 5.74) is 0.0396. The van der Waals surface area contributed by atoms with Gasteiger partial charge < -0.3 is 5.32 Å². The minimum absolute atomic E-state index is 0.0396. The molecule has 0 aliphatic rings. The second-order valence-electron chi connectivity index (χ2n) is 4.40. The second kappa shape index (κ2) is 7.10. The second-order valence-corrected chi connectivity index (χ2v) is 5.63. The highest BCUT2D eigenvalue weighted by Gasteiger charge is 2.20. The standard InChI is InChI=1S/C13H16BrClFNO/c1-8(2)11(6-7-15)17-13(18)12-9(14)4-3-5-10(12)16/h3-5,8,11H,6-7H2,1-2H3,(H,17,18). The highest BCUT2D eigenvalue weighted by molar-refractivity contribution is 9.10. The average Bonchev–Trinajstić information content (AvgIpc) is 2.28. The van der Waals surface area contributed by atoms with Gasteiger partial charge in [-0.1, -0.05) is 19.9 Å². The molecule has 1 rings (SSSR count). The van der Waals surface area contributed by atoms with Gasteiger partial charge >= 0.3 is 0 Å². The van der Waals surface area contributed by atoms with Gasteiger partial charge in [0.25, 0.3) is 5.91 Å². The first kappa shape index (κ1) is 15.4. The van der Waals surface area contributed by atoms with Crippen LogP contribution in [0.3, 0.4) is 0 Å². The molecular weight excluding hydrogens is 321 g/mol. The number of hydrogen-bond donors (Lipinski definition) is 1. The Hall–Kier alpha value is -0.610. The van der Waals surface area contributed by atoms with E-state index in [9.17, 15) is 9.18 Å². The lowest BCUT2D eigenvalue weighted by Crippen LogP contribution is -2.39. The zero-order valence-corrected chi connectivity index (χ0v) is 12.7. The number of carbonyl (C=O) groups excluding carboxylic acids is 1. The first-order valence-electron chi connectivity index (χ1n) is 5.78. The third-order valence-corrected chi connectivity index (χ3v) is 3.61. The Morgan fingerprint density at radius 3 is 2.67 bits per heavy atom. The Balaban J connectivity index is 2.87. The summed E-state index contributed by atoms with van der Waals surface area (Å²) in [7, 11) is 0. The lowest BCUT2D eigenvalue weighted by molar-refractivity contribution is 0.0920. The van der Waals surface area contributed by atoms with Crippen molar-refractivity contribution in [3.8, 4) is 0 Å². The summed E-state index contributed by atoms with van der Waals surface area (Å²) in [4.78, 5) is 12.1. The van der Waals surface area contributed by atoms with E-state index in [-0.39, 0.29) is 17.5 Å². The Morgan fingerprint density at radius 1 is 1.50 bits per heavy atom. The number of amides is 1. The Kier molecular flexibility index (Phi) is 6.09. The van der Waals surface area contributed by atoms with Crippen molar-refractivity contribution in [1.29, 1.82) is 0 Å². The number of nitrogens with one attached hydrogen (secondary N) is 1. The first-order chi connectivity index (χ1) is 8.47. The van der Waals surface area contributed by atoms with E-state index in [1.54, 1.807) is 12.1 Å². The molecule has 18 heavy (non-hydrogen) atoms. The predicted molar refractivity (Wildman–Crippen MR) is 75.5 cm³/mol. The quantitative estimate of drug-likeness (QED) is 0.810. The molecule has 0 fully saturated rings. The van der Waals surface area contributed by atoms with Crippen molar-refractivity contribution in [2.45, 2.75) is 26.3 Å². The van der Waals surface area contributed by atoms with E-state index in [0.29, 0.717) is 16.8 Å². The smallest absolute Gasteiger partial charge is 0.255 e. The number of hydrogen-bond acceptors (Lipinski definition) is 1. The first-order valence-corrected chi connectivity index (χ1v) is 7.11. The van der Waals surface area contributed by atoms with Gasteiger partial charge in [0.05, 0.1) is 5.56 Å². The fraction of sp³-hybridized carbons (Fsp3) is 0.462. The lowest BCUT2D eigenvalue weighted by atomic mass is 10.0. The van der Waals surface area contributed by atoms with Gasteiger partial charge in [-0.2, -0.15) is 0 Å². The Morgan fingerprint density at radius 2 is 2.17 bits per heavy atom. The number of rotatable bonds is 5. The van der Waals surface area contributed by atoms with Crippen LogP contribution in [0.4, 0.5) is 4.39 Å². The molecule has 0 bridgehead atoms. The SMILES string of the molecule is CC(C)C(CCCl)NC(=O)c1c(F)cccc1Br. The van der Waals surface area contributed by atoms with E-state index in [0.717, 1.165) is 0 Å². The van der Waals surface area contributed by atoms with Gasteiger partial charge in [-0.05, 0) is 40.4 Å². The molecule has 0 saturated heterocycles. The van der Waals surface area contributed by atoms with Gasteiger partial charge in [-0.3, -0.25) is 4.79 Å². The minimum atomic E-state index is -0.532. The molecule has 0 radical (unpaired) electrons. The fourth-order valence-corrected chi connectivity index (χ4v) is 2.40. The molecule has 5 heteroatoms. The van der Waals surface area contributed by atoms with Crippen LogP contribution in [0.1, 0.15) is 30.6 Å². The molecule has 0 aromatic heterocycles. The van der Waals surface area contributed by atoms with E-state index >= 15 is 0 Å². The third kappa shape index (κ3) is 3.95. The maximum absolute atomic E-state index is 13.6. The molecule has 0 saturated carbocycles. The number of carbonyl (C=O) groups is 1. The van der Waals surface area contributed by atoms with Crippen molar-refractivity contribution in [2.24, 2.45) is 5.92 Å². The van der Waals surface area contributed by atoms with E-state index in [1.165, 1.54) is 6.07 Å². The van der Waals surface area contributed by atoms with Gasteiger partial charge in [0.1, 0.15) is 5.82 Å². The molecule has 2 nitrogen and oxygen atoms in total. The molecule has 0 aliphatic heterocycles. The Bertz CT molecular complexity index is 405. The minimum Gasteiger partial charge on any atom is -0.349 e. The van der Waals surface area contributed by atoms with Crippen LogP contribution in [-0.4, -0.2) is 17.8 Å². The van der Waals surface area contributed by atoms with Crippen molar-refractivity contribution < 1.29 is 9.18 Å². The molecule has 0 spiro atoms. The topological polar surface area (TPSA) is 29.1 Å². The van der Waals surface area contributed by atoms with Crippen LogP contribution in [0.2, 0.25) is 0 Å². The summed E-state index contributed by atoms with van der Waals surface area (Å²) in [6.07, 6.45) is 0.664. The summed E-state index contributed by atoms with van der Waals surface area (Å²) < 4.78 is 14.1. The average molecular weight is 337 g/mol. The molecule has 1 atom stereocenters. The normalized spacial score (nSPS) is 12.6. The highest BCUT2D eigenvalue weighted by atomic mass is 79.9. The van der Waals surface area contributed by atoms with Gasteiger partial charge in [-0.25, -0.2) is 4.39 Å². The van der Waals surface area contributed by atoms with Crippen molar-refractivity contribution in [1.82, 2.24) is 5.32 Å². The van der Waals surface area contributed by atoms with E-state index in [2.05, 4.69) is 21.2 Å². The largest absolute Gasteiger partial charge is 0.349 e. The third-order valence-electron chi connectivity index (χ3n) is 2.73. The number of benzene rings is 1. The summed E-state index contributed by atoms with van der Waals surface area (Å²) >= 11 is 8.88. The van der Waals surface area contributed by atoms with E-state index in [1.807, 2.05) is 13.8 Å². The van der Waals surface area contributed by atoms with Crippen LogP contribution in [0.5, 0.6) is 0 Å².